The first-order valence-corrected chi connectivity index (χ1v) is 9.70. The van der Waals surface area contributed by atoms with Crippen LogP contribution in [-0.4, -0.2) is 47.6 Å². The molecule has 33 heavy (non-hydrogen) atoms. The summed E-state index contributed by atoms with van der Waals surface area (Å²) in [4.78, 5) is 17.8. The van der Waals surface area contributed by atoms with E-state index in [9.17, 15) is 26.3 Å². The normalized spacial score (nSPS) is 17.3. The van der Waals surface area contributed by atoms with Crippen LogP contribution in [0.25, 0.3) is 17.2 Å². The number of fused-ring (bicyclic) bond motifs is 1. The van der Waals surface area contributed by atoms with E-state index in [2.05, 4.69) is 25.0 Å². The summed E-state index contributed by atoms with van der Waals surface area (Å²) < 4.78 is 80.0. The Balaban J connectivity index is 1.44. The van der Waals surface area contributed by atoms with E-state index in [1.165, 1.54) is 23.0 Å². The molecule has 1 aliphatic rings. The number of nitrogens with one attached hydrogen (secondary N) is 1. The van der Waals surface area contributed by atoms with E-state index in [0.717, 1.165) is 12.4 Å². The highest BCUT2D eigenvalue weighted by molar-refractivity contribution is 5.58. The first kappa shape index (κ1) is 21.2. The van der Waals surface area contributed by atoms with Gasteiger partial charge in [0.15, 0.2) is 17.2 Å². The highest BCUT2D eigenvalue weighted by Gasteiger charge is 2.39. The third-order valence-electron chi connectivity index (χ3n) is 5.46. The number of hydrogen-bond donors (Lipinski definition) is 1. The molecule has 1 fully saturated rings. The maximum absolute atomic E-state index is 13.2. The summed E-state index contributed by atoms with van der Waals surface area (Å²) in [5.41, 5.74) is -1.45. The van der Waals surface area contributed by atoms with Crippen LogP contribution in [0.1, 0.15) is 29.3 Å². The Bertz CT molecular complexity index is 1310. The van der Waals surface area contributed by atoms with Crippen molar-refractivity contribution in [1.82, 2.24) is 34.5 Å². The summed E-state index contributed by atoms with van der Waals surface area (Å²) in [6.07, 6.45) is -2.92. The summed E-state index contributed by atoms with van der Waals surface area (Å²) in [6.45, 7) is 0.716. The summed E-state index contributed by atoms with van der Waals surface area (Å²) in [5.74, 6) is 0.164. The van der Waals surface area contributed by atoms with Crippen LogP contribution in [0.5, 0.6) is 0 Å². The number of alkyl halides is 6. The van der Waals surface area contributed by atoms with Crippen LogP contribution in [-0.2, 0) is 12.4 Å². The van der Waals surface area contributed by atoms with Gasteiger partial charge in [-0.25, -0.2) is 19.9 Å². The van der Waals surface area contributed by atoms with Crippen LogP contribution in [0.4, 0.5) is 32.2 Å². The van der Waals surface area contributed by atoms with Crippen molar-refractivity contribution < 1.29 is 26.3 Å². The van der Waals surface area contributed by atoms with E-state index in [1.807, 2.05) is 5.10 Å². The predicted molar refractivity (Wildman–Crippen MR) is 102 cm³/mol. The van der Waals surface area contributed by atoms with Gasteiger partial charge in [0.25, 0.3) is 0 Å². The monoisotopic (exact) mass is 468 g/mol. The number of H-pyrrole nitrogens is 1. The van der Waals surface area contributed by atoms with Gasteiger partial charge in [-0.2, -0.15) is 31.4 Å². The average molecular weight is 468 g/mol. The zero-order valence-electron chi connectivity index (χ0n) is 16.6. The molecule has 0 spiro atoms. The van der Waals surface area contributed by atoms with Gasteiger partial charge in [0, 0.05) is 37.0 Å². The molecule has 0 amide bonds. The molecular formula is C19H14F6N8. The number of anilines is 1. The van der Waals surface area contributed by atoms with Crippen molar-refractivity contribution in [2.75, 3.05) is 18.0 Å². The minimum Gasteiger partial charge on any atom is -0.356 e. The van der Waals surface area contributed by atoms with Crippen molar-refractivity contribution in [1.29, 1.82) is 0 Å². The van der Waals surface area contributed by atoms with Crippen molar-refractivity contribution in [3.05, 3.63) is 54.0 Å². The highest BCUT2D eigenvalue weighted by atomic mass is 19.4. The van der Waals surface area contributed by atoms with Crippen molar-refractivity contribution in [2.24, 2.45) is 0 Å². The zero-order valence-corrected chi connectivity index (χ0v) is 16.6. The quantitative estimate of drug-likeness (QED) is 0.459. The molecule has 0 aromatic carbocycles. The van der Waals surface area contributed by atoms with Crippen LogP contribution in [0.3, 0.4) is 0 Å². The maximum atomic E-state index is 13.2. The molecule has 4 aromatic rings. The Morgan fingerprint density at radius 1 is 0.970 bits per heavy atom. The Labute approximate surface area is 181 Å². The van der Waals surface area contributed by atoms with Crippen LogP contribution in [0.15, 0.2) is 37.1 Å². The molecule has 172 valence electrons. The minimum absolute atomic E-state index is 0.0910. The van der Waals surface area contributed by atoms with Gasteiger partial charge >= 0.3 is 12.4 Å². The van der Waals surface area contributed by atoms with Gasteiger partial charge in [-0.3, -0.25) is 9.50 Å². The topological polar surface area (TPSA) is 87.9 Å². The van der Waals surface area contributed by atoms with Gasteiger partial charge in [0.1, 0.15) is 17.2 Å². The van der Waals surface area contributed by atoms with Gasteiger partial charge in [-0.15, -0.1) is 0 Å². The van der Waals surface area contributed by atoms with Gasteiger partial charge in [0.2, 0.25) is 0 Å². The van der Waals surface area contributed by atoms with Gasteiger partial charge in [-0.1, -0.05) is 0 Å². The Morgan fingerprint density at radius 2 is 1.79 bits per heavy atom. The Hall–Kier alpha value is -3.71. The highest BCUT2D eigenvalue weighted by Crippen LogP contribution is 2.38. The minimum atomic E-state index is -4.63. The molecule has 1 atom stereocenters. The predicted octanol–water partition coefficient (Wildman–Crippen LogP) is 3.94. The van der Waals surface area contributed by atoms with Crippen molar-refractivity contribution in [3.63, 3.8) is 0 Å². The standard InChI is InChI=1S/C19H14F6N8/c20-18(21,22)13-9-33-12(6-28-15(33)7-27-13)17-26-3-1-14(30-17)32-4-2-10(8-32)11-5-29-31-16(11)19(23,24)25/h1,3,5-7,9-10H,2,4,8H2,(H,29,31). The molecule has 0 aliphatic carbocycles. The van der Waals surface area contributed by atoms with Crippen LogP contribution in [0.2, 0.25) is 0 Å². The van der Waals surface area contributed by atoms with Crippen molar-refractivity contribution in [2.45, 2.75) is 24.7 Å². The van der Waals surface area contributed by atoms with E-state index < -0.39 is 29.7 Å². The number of nitrogens with zero attached hydrogens (tertiary/aromatic N) is 7. The molecule has 4 aromatic heterocycles. The summed E-state index contributed by atoms with van der Waals surface area (Å²) in [6, 6.07) is 1.60. The number of hydrogen-bond acceptors (Lipinski definition) is 6. The SMILES string of the molecule is FC(F)(F)c1cn2c(-c3nccc(N4CCC(c5cn[nH]c5C(F)(F)F)C4)n3)cnc2cn1. The smallest absolute Gasteiger partial charge is 0.356 e. The fourth-order valence-electron chi connectivity index (χ4n) is 3.90. The average Bonchev–Trinajstić information content (AvgIpc) is 3.50. The fraction of sp³-hybridized carbons (Fsp3) is 0.316. The summed E-state index contributed by atoms with van der Waals surface area (Å²) >= 11 is 0. The van der Waals surface area contributed by atoms with Gasteiger partial charge in [-0.05, 0) is 12.5 Å². The molecule has 1 aliphatic heterocycles. The number of halogens is 6. The summed E-state index contributed by atoms with van der Waals surface area (Å²) in [7, 11) is 0. The lowest BCUT2D eigenvalue weighted by atomic mass is 9.99. The number of aromatic nitrogens is 7. The number of rotatable bonds is 3. The molecule has 5 heterocycles. The molecule has 0 radical (unpaired) electrons. The van der Waals surface area contributed by atoms with Crippen molar-refractivity contribution >= 4 is 11.5 Å². The molecule has 0 bridgehead atoms. The van der Waals surface area contributed by atoms with Gasteiger partial charge in [0.05, 0.1) is 18.6 Å². The van der Waals surface area contributed by atoms with Crippen LogP contribution >= 0.6 is 0 Å². The second kappa shape index (κ2) is 7.42. The molecule has 5 rings (SSSR count). The van der Waals surface area contributed by atoms with Crippen LogP contribution < -0.4 is 4.90 Å². The molecule has 8 nitrogen and oxygen atoms in total. The summed E-state index contributed by atoms with van der Waals surface area (Å²) in [5, 5.41) is 5.57. The lowest BCUT2D eigenvalue weighted by Gasteiger charge is -2.18. The zero-order chi connectivity index (χ0) is 23.4. The van der Waals surface area contributed by atoms with E-state index in [4.69, 9.17) is 0 Å². The molecule has 1 unspecified atom stereocenters. The van der Waals surface area contributed by atoms with E-state index in [-0.39, 0.29) is 29.3 Å². The second-order valence-corrected chi connectivity index (χ2v) is 7.51. The fourth-order valence-corrected chi connectivity index (χ4v) is 3.90. The van der Waals surface area contributed by atoms with Gasteiger partial charge < -0.3 is 4.90 Å². The number of aromatic amines is 1. The molecular weight excluding hydrogens is 454 g/mol. The Morgan fingerprint density at radius 3 is 2.55 bits per heavy atom. The van der Waals surface area contributed by atoms with Crippen LogP contribution in [0, 0.1) is 0 Å². The number of imidazole rings is 1. The first-order valence-electron chi connectivity index (χ1n) is 9.70. The lowest BCUT2D eigenvalue weighted by Crippen LogP contribution is -2.21. The van der Waals surface area contributed by atoms with E-state index in [0.29, 0.717) is 18.8 Å². The molecule has 1 N–H and O–H groups in total. The maximum Gasteiger partial charge on any atom is 0.434 e. The lowest BCUT2D eigenvalue weighted by molar-refractivity contribution is -0.142. The van der Waals surface area contributed by atoms with E-state index >= 15 is 0 Å². The largest absolute Gasteiger partial charge is 0.434 e. The molecule has 14 heteroatoms. The third kappa shape index (κ3) is 3.85. The van der Waals surface area contributed by atoms with Crippen molar-refractivity contribution in [3.8, 4) is 11.5 Å². The third-order valence-corrected chi connectivity index (χ3v) is 5.46. The molecule has 1 saturated heterocycles. The first-order chi connectivity index (χ1) is 15.6. The van der Waals surface area contributed by atoms with E-state index in [1.54, 1.807) is 11.0 Å². The molecule has 0 saturated carbocycles. The second-order valence-electron chi connectivity index (χ2n) is 7.51. The Kier molecular flexibility index (Phi) is 4.76.